The van der Waals surface area contributed by atoms with E-state index in [1.807, 2.05) is 43.7 Å². The van der Waals surface area contributed by atoms with Crippen LogP contribution in [-0.4, -0.2) is 20.4 Å². The molecule has 3 nitrogen and oxygen atoms in total. The molecule has 0 aliphatic rings. The third kappa shape index (κ3) is 2.51. The standard InChI is InChI=1S/C16H16N2OS/c1-18-10-9-17-16(18)8-11-20-15-7-6-14(19)12-4-2-3-5-13(12)15/h2-7,9-10,19H,8,11H2,1H3. The predicted molar refractivity (Wildman–Crippen MR) is 83.2 cm³/mol. The van der Waals surface area contributed by atoms with Crippen molar-refractivity contribution >= 4 is 22.5 Å². The monoisotopic (exact) mass is 284 g/mol. The summed E-state index contributed by atoms with van der Waals surface area (Å²) in [5, 5.41) is 11.9. The molecule has 0 amide bonds. The number of aromatic hydroxyl groups is 1. The molecule has 102 valence electrons. The zero-order valence-electron chi connectivity index (χ0n) is 11.3. The Hall–Kier alpha value is -1.94. The first-order valence-electron chi connectivity index (χ1n) is 6.55. The first-order chi connectivity index (χ1) is 9.75. The molecule has 1 aromatic heterocycles. The van der Waals surface area contributed by atoms with E-state index >= 15 is 0 Å². The van der Waals surface area contributed by atoms with Gasteiger partial charge in [0.05, 0.1) is 0 Å². The van der Waals surface area contributed by atoms with E-state index < -0.39 is 0 Å². The lowest BCUT2D eigenvalue weighted by atomic mass is 10.1. The van der Waals surface area contributed by atoms with Gasteiger partial charge in [-0.25, -0.2) is 4.98 Å². The third-order valence-electron chi connectivity index (χ3n) is 3.37. The summed E-state index contributed by atoms with van der Waals surface area (Å²) >= 11 is 1.80. The summed E-state index contributed by atoms with van der Waals surface area (Å²) in [6, 6.07) is 11.7. The van der Waals surface area contributed by atoms with Crippen molar-refractivity contribution in [3.05, 3.63) is 54.6 Å². The highest BCUT2D eigenvalue weighted by Gasteiger charge is 2.06. The fourth-order valence-electron chi connectivity index (χ4n) is 2.27. The molecular weight excluding hydrogens is 268 g/mol. The van der Waals surface area contributed by atoms with Gasteiger partial charge >= 0.3 is 0 Å². The molecule has 2 aromatic carbocycles. The molecule has 1 heterocycles. The topological polar surface area (TPSA) is 38.0 Å². The molecule has 0 aliphatic carbocycles. The van der Waals surface area contributed by atoms with E-state index in [-0.39, 0.29) is 0 Å². The van der Waals surface area contributed by atoms with Gasteiger partial charge in [-0.05, 0) is 17.5 Å². The van der Waals surface area contributed by atoms with Crippen LogP contribution in [-0.2, 0) is 13.5 Å². The molecule has 1 N–H and O–H groups in total. The molecule has 4 heteroatoms. The number of benzene rings is 2. The minimum Gasteiger partial charge on any atom is -0.507 e. The summed E-state index contributed by atoms with van der Waals surface area (Å²) in [5.74, 6) is 2.41. The van der Waals surface area contributed by atoms with Crippen LogP contribution in [0.1, 0.15) is 5.82 Å². The molecule has 20 heavy (non-hydrogen) atoms. The van der Waals surface area contributed by atoms with Crippen LogP contribution in [0.4, 0.5) is 0 Å². The number of hydrogen-bond donors (Lipinski definition) is 1. The van der Waals surface area contributed by atoms with E-state index in [0.717, 1.165) is 28.8 Å². The Morgan fingerprint density at radius 3 is 2.70 bits per heavy atom. The molecule has 0 unspecified atom stereocenters. The first-order valence-corrected chi connectivity index (χ1v) is 7.54. The van der Waals surface area contributed by atoms with Gasteiger partial charge in [0.25, 0.3) is 0 Å². The molecule has 0 atom stereocenters. The van der Waals surface area contributed by atoms with Crippen molar-refractivity contribution in [1.82, 2.24) is 9.55 Å². The van der Waals surface area contributed by atoms with Crippen molar-refractivity contribution in [1.29, 1.82) is 0 Å². The van der Waals surface area contributed by atoms with Crippen LogP contribution in [0.15, 0.2) is 53.7 Å². The van der Waals surface area contributed by atoms with Crippen LogP contribution in [0, 0.1) is 0 Å². The number of imidazole rings is 1. The minimum absolute atomic E-state index is 0.342. The van der Waals surface area contributed by atoms with Crippen LogP contribution >= 0.6 is 11.8 Å². The second kappa shape index (κ2) is 5.59. The molecule has 0 aliphatic heterocycles. The maximum Gasteiger partial charge on any atom is 0.123 e. The van der Waals surface area contributed by atoms with E-state index in [0.29, 0.717) is 5.75 Å². The number of phenols is 1. The Morgan fingerprint density at radius 2 is 1.95 bits per heavy atom. The summed E-state index contributed by atoms with van der Waals surface area (Å²) in [5.41, 5.74) is 0. The fraction of sp³-hybridized carbons (Fsp3) is 0.188. The van der Waals surface area contributed by atoms with Gasteiger partial charge in [0.15, 0.2) is 0 Å². The summed E-state index contributed by atoms with van der Waals surface area (Å²) in [6.07, 6.45) is 4.73. The molecule has 0 saturated heterocycles. The number of thioether (sulfide) groups is 1. The van der Waals surface area contributed by atoms with Crippen LogP contribution < -0.4 is 0 Å². The van der Waals surface area contributed by atoms with Gasteiger partial charge < -0.3 is 9.67 Å². The minimum atomic E-state index is 0.342. The van der Waals surface area contributed by atoms with E-state index in [1.54, 1.807) is 17.8 Å². The Labute approximate surface area is 122 Å². The highest BCUT2D eigenvalue weighted by atomic mass is 32.2. The summed E-state index contributed by atoms with van der Waals surface area (Å²) in [7, 11) is 2.02. The number of nitrogens with zero attached hydrogens (tertiary/aromatic N) is 2. The highest BCUT2D eigenvalue weighted by molar-refractivity contribution is 7.99. The average molecular weight is 284 g/mol. The smallest absolute Gasteiger partial charge is 0.123 e. The third-order valence-corrected chi connectivity index (χ3v) is 4.44. The Balaban J connectivity index is 1.78. The van der Waals surface area contributed by atoms with Gasteiger partial charge in [-0.1, -0.05) is 24.3 Å². The average Bonchev–Trinajstić information content (AvgIpc) is 2.87. The van der Waals surface area contributed by atoms with Crippen LogP contribution in [0.25, 0.3) is 10.8 Å². The summed E-state index contributed by atoms with van der Waals surface area (Å²) in [4.78, 5) is 5.53. The van der Waals surface area contributed by atoms with Gasteiger partial charge in [-0.2, -0.15) is 0 Å². The van der Waals surface area contributed by atoms with Crippen molar-refractivity contribution in [3.63, 3.8) is 0 Å². The predicted octanol–water partition coefficient (Wildman–Crippen LogP) is 3.61. The molecule has 3 rings (SSSR count). The van der Waals surface area contributed by atoms with Gasteiger partial charge in [0.1, 0.15) is 11.6 Å². The zero-order chi connectivity index (χ0) is 13.9. The van der Waals surface area contributed by atoms with Gasteiger partial charge in [-0.15, -0.1) is 11.8 Å². The Kier molecular flexibility index (Phi) is 3.65. The maximum atomic E-state index is 9.89. The Bertz CT molecular complexity index is 736. The normalized spacial score (nSPS) is 11.1. The second-order valence-corrected chi connectivity index (χ2v) is 5.82. The quantitative estimate of drug-likeness (QED) is 0.744. The number of hydrogen-bond acceptors (Lipinski definition) is 3. The SMILES string of the molecule is Cn1ccnc1CCSc1ccc(O)c2ccccc12. The lowest BCUT2D eigenvalue weighted by molar-refractivity contribution is 0.481. The fourth-order valence-corrected chi connectivity index (χ4v) is 3.27. The number of aromatic nitrogens is 2. The number of rotatable bonds is 4. The molecule has 3 aromatic rings. The van der Waals surface area contributed by atoms with Crippen molar-refractivity contribution in [2.24, 2.45) is 7.05 Å². The van der Waals surface area contributed by atoms with Gasteiger partial charge in [-0.3, -0.25) is 0 Å². The van der Waals surface area contributed by atoms with E-state index in [2.05, 4.69) is 15.6 Å². The van der Waals surface area contributed by atoms with E-state index in [1.165, 1.54) is 4.90 Å². The summed E-state index contributed by atoms with van der Waals surface area (Å²) < 4.78 is 2.05. The molecule has 0 bridgehead atoms. The Morgan fingerprint density at radius 1 is 1.15 bits per heavy atom. The van der Waals surface area contributed by atoms with Crippen molar-refractivity contribution in [2.45, 2.75) is 11.3 Å². The van der Waals surface area contributed by atoms with Crippen LogP contribution in [0.5, 0.6) is 5.75 Å². The molecule has 0 fully saturated rings. The number of phenolic OH excluding ortho intramolecular Hbond substituents is 1. The molecule has 0 radical (unpaired) electrons. The number of aryl methyl sites for hydroxylation is 2. The maximum absolute atomic E-state index is 9.89. The zero-order valence-corrected chi connectivity index (χ0v) is 12.1. The van der Waals surface area contributed by atoms with Gasteiger partial charge in [0, 0.05) is 41.9 Å². The lowest BCUT2D eigenvalue weighted by Crippen LogP contribution is -1.98. The van der Waals surface area contributed by atoms with Crippen LogP contribution in [0.2, 0.25) is 0 Å². The van der Waals surface area contributed by atoms with Gasteiger partial charge in [0.2, 0.25) is 0 Å². The molecular formula is C16H16N2OS. The highest BCUT2D eigenvalue weighted by Crippen LogP contribution is 2.33. The van der Waals surface area contributed by atoms with Crippen LogP contribution in [0.3, 0.4) is 0 Å². The largest absolute Gasteiger partial charge is 0.507 e. The lowest BCUT2D eigenvalue weighted by Gasteiger charge is -2.08. The summed E-state index contributed by atoms with van der Waals surface area (Å²) in [6.45, 7) is 0. The van der Waals surface area contributed by atoms with Crippen molar-refractivity contribution in [3.8, 4) is 5.75 Å². The molecule has 0 spiro atoms. The first kappa shape index (κ1) is 13.1. The van der Waals surface area contributed by atoms with E-state index in [9.17, 15) is 5.11 Å². The molecule has 0 saturated carbocycles. The van der Waals surface area contributed by atoms with E-state index in [4.69, 9.17) is 0 Å². The number of fused-ring (bicyclic) bond motifs is 1. The van der Waals surface area contributed by atoms with Crippen molar-refractivity contribution in [2.75, 3.05) is 5.75 Å². The van der Waals surface area contributed by atoms with Crippen molar-refractivity contribution < 1.29 is 5.11 Å². The second-order valence-electron chi connectivity index (χ2n) is 4.68.